The predicted octanol–water partition coefficient (Wildman–Crippen LogP) is 15.6. The maximum atomic E-state index is 2.49. The number of thiophene rings is 1. The zero-order valence-electron chi connectivity index (χ0n) is 32.5. The van der Waals surface area contributed by atoms with Gasteiger partial charge in [-0.05, 0) is 118 Å². The highest BCUT2D eigenvalue weighted by Crippen LogP contribution is 2.41. The summed E-state index contributed by atoms with van der Waals surface area (Å²) in [4.78, 5) is 0. The van der Waals surface area contributed by atoms with Crippen LogP contribution in [0.3, 0.4) is 0 Å². The van der Waals surface area contributed by atoms with E-state index >= 15 is 0 Å². The van der Waals surface area contributed by atoms with Crippen LogP contribution in [0.15, 0.2) is 212 Å². The van der Waals surface area contributed by atoms with E-state index in [1.165, 1.54) is 69.2 Å². The molecule has 0 unspecified atom stereocenters. The van der Waals surface area contributed by atoms with Gasteiger partial charge in [0.25, 0.3) is 0 Å². The largest absolute Gasteiger partial charge is 0.310 e. The molecule has 0 aliphatic heterocycles. The van der Waals surface area contributed by atoms with Gasteiger partial charge in [0.1, 0.15) is 0 Å². The van der Waals surface area contributed by atoms with Crippen molar-refractivity contribution in [2.24, 2.45) is 0 Å². The summed E-state index contributed by atoms with van der Waals surface area (Å²) >= 11 is 1.86. The van der Waals surface area contributed by atoms with Crippen LogP contribution in [0.4, 0.5) is 0 Å². The molecule has 280 valence electrons. The van der Waals surface area contributed by atoms with E-state index in [-0.39, 0.29) is 0 Å². The van der Waals surface area contributed by atoms with Crippen LogP contribution in [0.1, 0.15) is 0 Å². The summed E-state index contributed by atoms with van der Waals surface area (Å²) in [5, 5.41) is 12.2. The van der Waals surface area contributed by atoms with E-state index in [0.717, 1.165) is 44.2 Å². The monoisotopic (exact) mass is 781 g/mol. The Morgan fingerprint density at radius 2 is 0.817 bits per heavy atom. The second-order valence-corrected chi connectivity index (χ2v) is 16.9. The number of hydrogen-bond acceptors (Lipinski definition) is 1. The fourth-order valence-corrected chi connectivity index (χ4v) is 10.8. The van der Waals surface area contributed by atoms with Crippen LogP contribution in [0.25, 0.3) is 113 Å². The average molecular weight is 782 g/mol. The Labute approximate surface area is 349 Å². The maximum Gasteiger partial charge on any atom is 0.0782 e. The second kappa shape index (κ2) is 12.9. The molecule has 0 aliphatic rings. The number of aromatic nitrogens is 3. The van der Waals surface area contributed by atoms with E-state index in [0.29, 0.717) is 0 Å². The van der Waals surface area contributed by atoms with Gasteiger partial charge in [-0.3, -0.25) is 0 Å². The molecule has 60 heavy (non-hydrogen) atoms. The highest BCUT2D eigenvalue weighted by atomic mass is 32.1. The van der Waals surface area contributed by atoms with Gasteiger partial charge >= 0.3 is 0 Å². The predicted molar refractivity (Wildman–Crippen MR) is 257 cm³/mol. The first kappa shape index (κ1) is 33.3. The third-order valence-corrected chi connectivity index (χ3v) is 13.6. The van der Waals surface area contributed by atoms with Crippen molar-refractivity contribution < 1.29 is 0 Å². The highest BCUT2D eigenvalue weighted by Gasteiger charge is 2.19. The van der Waals surface area contributed by atoms with Crippen molar-refractivity contribution in [2.45, 2.75) is 0 Å². The normalized spacial score (nSPS) is 12.0. The summed E-state index contributed by atoms with van der Waals surface area (Å²) in [7, 11) is 0. The third kappa shape index (κ3) is 5.01. The van der Waals surface area contributed by atoms with Crippen LogP contribution in [0.2, 0.25) is 0 Å². The Kier molecular flexibility index (Phi) is 7.18. The molecule has 0 spiro atoms. The summed E-state index contributed by atoms with van der Waals surface area (Å²) in [5.41, 5.74) is 10.2. The van der Waals surface area contributed by atoms with E-state index in [4.69, 9.17) is 0 Å². The number of nitrogens with zero attached hydrogens (tertiary/aromatic N) is 3. The molecule has 4 heteroatoms. The minimum atomic E-state index is 1.10. The minimum Gasteiger partial charge on any atom is -0.310 e. The van der Waals surface area contributed by atoms with Crippen LogP contribution in [0.5, 0.6) is 0 Å². The number of benzene rings is 10. The smallest absolute Gasteiger partial charge is 0.0782 e. The molecule has 0 saturated carbocycles. The molecule has 13 rings (SSSR count). The first-order valence-corrected chi connectivity index (χ1v) is 21.3. The second-order valence-electron chi connectivity index (χ2n) is 15.8. The van der Waals surface area contributed by atoms with Crippen molar-refractivity contribution in [3.63, 3.8) is 0 Å². The van der Waals surface area contributed by atoms with Crippen LogP contribution >= 0.6 is 11.3 Å². The standard InChI is InChI=1S/C56H35N3S/c1-2-13-38-31-43(26-25-36(38)11-1)57-41-17-7-15-39(32-41)40-16-8-18-42(33-40)58(45-28-30-55-50(35-45)49-34-44(57)27-29-54(49)60-55)53-24-10-21-48-47-20-5-6-22-52(47)59(56(48)53)51-23-9-14-37-12-3-4-19-46(37)51/h1-35H. The van der Waals surface area contributed by atoms with E-state index in [1.54, 1.807) is 0 Å². The zero-order chi connectivity index (χ0) is 39.3. The molecule has 0 radical (unpaired) electrons. The Morgan fingerprint density at radius 1 is 0.283 bits per heavy atom. The van der Waals surface area contributed by atoms with Crippen molar-refractivity contribution in [3.8, 4) is 17.1 Å². The van der Waals surface area contributed by atoms with Gasteiger partial charge in [-0.25, -0.2) is 0 Å². The van der Waals surface area contributed by atoms with E-state index in [9.17, 15) is 0 Å². The van der Waals surface area contributed by atoms with E-state index in [2.05, 4.69) is 226 Å². The van der Waals surface area contributed by atoms with Crippen LogP contribution in [-0.2, 0) is 0 Å². The van der Waals surface area contributed by atoms with Crippen molar-refractivity contribution in [1.82, 2.24) is 13.7 Å². The quantitative estimate of drug-likeness (QED) is 0.170. The zero-order valence-corrected chi connectivity index (χ0v) is 33.3. The molecule has 13 aromatic rings. The molecule has 0 amide bonds. The molecule has 0 aliphatic carbocycles. The first-order chi connectivity index (χ1) is 29.7. The number of para-hydroxylation sites is 2. The fraction of sp³-hybridized carbons (Fsp3) is 0. The van der Waals surface area contributed by atoms with Crippen LogP contribution in [-0.4, -0.2) is 13.7 Å². The summed E-state index contributed by atoms with van der Waals surface area (Å²) in [6.07, 6.45) is 0. The van der Waals surface area contributed by atoms with Gasteiger partial charge in [-0.15, -0.1) is 11.3 Å². The lowest BCUT2D eigenvalue weighted by atomic mass is 10.1. The van der Waals surface area contributed by atoms with Crippen molar-refractivity contribution in [1.29, 1.82) is 0 Å². The summed E-state index contributed by atoms with van der Waals surface area (Å²) in [6, 6.07) is 78.6. The molecular formula is C56H35N3S. The average Bonchev–Trinajstić information content (AvgIpc) is 3.84. The van der Waals surface area contributed by atoms with Crippen LogP contribution < -0.4 is 0 Å². The van der Waals surface area contributed by atoms with Gasteiger partial charge in [-0.1, -0.05) is 121 Å². The molecule has 8 bridgehead atoms. The molecule has 0 N–H and O–H groups in total. The molecule has 10 aromatic carbocycles. The molecule has 3 nitrogen and oxygen atoms in total. The summed E-state index contributed by atoms with van der Waals surface area (Å²) in [6.45, 7) is 0. The van der Waals surface area contributed by atoms with Crippen molar-refractivity contribution in [2.75, 3.05) is 0 Å². The van der Waals surface area contributed by atoms with Crippen LogP contribution in [0, 0.1) is 0 Å². The lowest BCUT2D eigenvalue weighted by Gasteiger charge is -2.17. The van der Waals surface area contributed by atoms with Crippen molar-refractivity contribution >= 4 is 108 Å². The Morgan fingerprint density at radius 3 is 1.60 bits per heavy atom. The molecule has 0 fully saturated rings. The van der Waals surface area contributed by atoms with E-state index < -0.39 is 0 Å². The van der Waals surface area contributed by atoms with Gasteiger partial charge < -0.3 is 13.7 Å². The third-order valence-electron chi connectivity index (χ3n) is 12.4. The topological polar surface area (TPSA) is 14.8 Å². The van der Waals surface area contributed by atoms with Crippen molar-refractivity contribution in [3.05, 3.63) is 212 Å². The van der Waals surface area contributed by atoms with Gasteiger partial charge in [0.15, 0.2) is 0 Å². The first-order valence-electron chi connectivity index (χ1n) is 20.5. The summed E-state index contributed by atoms with van der Waals surface area (Å²) in [5.74, 6) is 0. The van der Waals surface area contributed by atoms with Gasteiger partial charge in [-0.2, -0.15) is 0 Å². The van der Waals surface area contributed by atoms with Gasteiger partial charge in [0.2, 0.25) is 0 Å². The summed E-state index contributed by atoms with van der Waals surface area (Å²) < 4.78 is 9.94. The molecule has 3 aromatic heterocycles. The SMILES string of the molecule is c1ccc2cc(-n3c4cccc(c4)c4cccc(c4)n(-c4cccc5c6ccccc6n(-c6cccc7ccccc67)c45)c4ccc5sc6ccc3cc6c5c4)ccc2c1. The lowest BCUT2D eigenvalue weighted by Crippen LogP contribution is -2.02. The number of rotatable bonds is 3. The molecule has 0 atom stereocenters. The Bertz CT molecular complexity index is 3960. The minimum absolute atomic E-state index is 1.10. The number of fused-ring (bicyclic) bond motifs is 12. The highest BCUT2D eigenvalue weighted by molar-refractivity contribution is 7.25. The van der Waals surface area contributed by atoms with E-state index in [1.807, 2.05) is 11.3 Å². The number of hydrogen-bond donors (Lipinski definition) is 0. The Hall–Kier alpha value is -7.66. The fourth-order valence-electron chi connectivity index (χ4n) is 9.71. The lowest BCUT2D eigenvalue weighted by molar-refractivity contribution is 1.13. The van der Waals surface area contributed by atoms with Gasteiger partial charge in [0, 0.05) is 64.1 Å². The van der Waals surface area contributed by atoms with Gasteiger partial charge in [0.05, 0.1) is 22.4 Å². The molecular weight excluding hydrogens is 747 g/mol. The molecule has 0 saturated heterocycles. The molecule has 3 heterocycles. The maximum absolute atomic E-state index is 2.49. The Balaban J connectivity index is 1.20.